The maximum atomic E-state index is 12.4. The maximum absolute atomic E-state index is 12.4. The normalized spacial score (nSPS) is 11.8. The molecule has 0 bridgehead atoms. The lowest BCUT2D eigenvalue weighted by molar-refractivity contribution is -0.122. The topological polar surface area (TPSA) is 38.3 Å². The van der Waals surface area contributed by atoms with Crippen molar-refractivity contribution in [3.8, 4) is 5.75 Å². The second kappa shape index (κ2) is 8.63. The van der Waals surface area contributed by atoms with Crippen LogP contribution in [0.15, 0.2) is 53.4 Å². The highest BCUT2D eigenvalue weighted by Gasteiger charge is 2.18. The van der Waals surface area contributed by atoms with Crippen molar-refractivity contribution in [1.29, 1.82) is 0 Å². The maximum Gasteiger partial charge on any atom is 0.265 e. The smallest absolute Gasteiger partial charge is 0.265 e. The second-order valence-electron chi connectivity index (χ2n) is 5.23. The minimum atomic E-state index is -0.500. The molecule has 0 fully saturated rings. The molecule has 2 aromatic rings. The van der Waals surface area contributed by atoms with E-state index in [1.165, 1.54) is 5.56 Å². The quantitative estimate of drug-likeness (QED) is 0.744. The van der Waals surface area contributed by atoms with Gasteiger partial charge in [0, 0.05) is 10.6 Å². The summed E-state index contributed by atoms with van der Waals surface area (Å²) in [6.45, 7) is 4.06. The molecule has 2 rings (SSSR count). The van der Waals surface area contributed by atoms with Gasteiger partial charge in [0.2, 0.25) is 0 Å². The number of benzene rings is 2. The highest BCUT2D eigenvalue weighted by Crippen LogP contribution is 2.20. The third-order valence-corrected chi connectivity index (χ3v) is 4.34. The van der Waals surface area contributed by atoms with Gasteiger partial charge in [-0.1, -0.05) is 32.0 Å². The molecule has 0 aromatic heterocycles. The molecule has 1 amide bonds. The Morgan fingerprint density at radius 1 is 1.17 bits per heavy atom. The van der Waals surface area contributed by atoms with Gasteiger partial charge in [0.1, 0.15) is 5.75 Å². The summed E-state index contributed by atoms with van der Waals surface area (Å²) in [7, 11) is 0. The molecule has 3 nitrogen and oxygen atoms in total. The van der Waals surface area contributed by atoms with Gasteiger partial charge in [-0.3, -0.25) is 4.79 Å². The highest BCUT2D eigenvalue weighted by molar-refractivity contribution is 7.98. The molecule has 0 radical (unpaired) electrons. The van der Waals surface area contributed by atoms with Gasteiger partial charge >= 0.3 is 0 Å². The average Bonchev–Trinajstić information content (AvgIpc) is 2.60. The van der Waals surface area contributed by atoms with Crippen molar-refractivity contribution in [3.63, 3.8) is 0 Å². The van der Waals surface area contributed by atoms with Crippen LogP contribution in [0.25, 0.3) is 0 Å². The second-order valence-corrected chi connectivity index (χ2v) is 6.11. The van der Waals surface area contributed by atoms with Gasteiger partial charge in [-0.05, 0) is 55.0 Å². The van der Waals surface area contributed by atoms with Crippen molar-refractivity contribution in [1.82, 2.24) is 0 Å². The van der Waals surface area contributed by atoms with E-state index >= 15 is 0 Å². The number of thioether (sulfide) groups is 1. The largest absolute Gasteiger partial charge is 0.481 e. The number of anilines is 1. The standard InChI is InChI=1S/C19H23NO2S/c1-4-14-9-11-16(12-10-14)22-18(5-2)19(21)20-15-7-6-8-17(13-15)23-3/h6-13,18H,4-5H2,1-3H3,(H,20,21)/t18-/m0/s1. The van der Waals surface area contributed by atoms with Crippen LogP contribution < -0.4 is 10.1 Å². The summed E-state index contributed by atoms with van der Waals surface area (Å²) >= 11 is 1.65. The number of carbonyl (C=O) groups excluding carboxylic acids is 1. The Morgan fingerprint density at radius 3 is 2.52 bits per heavy atom. The molecule has 0 spiro atoms. The summed E-state index contributed by atoms with van der Waals surface area (Å²) in [5.74, 6) is 0.604. The first-order chi connectivity index (χ1) is 11.2. The van der Waals surface area contributed by atoms with E-state index < -0.39 is 6.10 Å². The Kier molecular flexibility index (Phi) is 6.53. The summed E-state index contributed by atoms with van der Waals surface area (Å²) in [5.41, 5.74) is 2.05. The predicted molar refractivity (Wildman–Crippen MR) is 97.4 cm³/mol. The van der Waals surface area contributed by atoms with E-state index in [1.54, 1.807) is 11.8 Å². The Labute approximate surface area is 142 Å². The number of hydrogen-bond donors (Lipinski definition) is 1. The first-order valence-corrected chi connectivity index (χ1v) is 9.09. The Balaban J connectivity index is 2.02. The number of aryl methyl sites for hydroxylation is 1. The van der Waals surface area contributed by atoms with Crippen molar-refractivity contribution in [2.45, 2.75) is 37.7 Å². The van der Waals surface area contributed by atoms with E-state index in [0.717, 1.165) is 22.8 Å². The molecular weight excluding hydrogens is 306 g/mol. The fourth-order valence-electron chi connectivity index (χ4n) is 2.21. The molecule has 122 valence electrons. The van der Waals surface area contributed by atoms with Gasteiger partial charge < -0.3 is 10.1 Å². The van der Waals surface area contributed by atoms with E-state index in [0.29, 0.717) is 6.42 Å². The van der Waals surface area contributed by atoms with Crippen LogP contribution in [0, 0.1) is 0 Å². The average molecular weight is 329 g/mol. The van der Waals surface area contributed by atoms with Crippen molar-refractivity contribution in [2.75, 3.05) is 11.6 Å². The van der Waals surface area contributed by atoms with Crippen LogP contribution in [0.2, 0.25) is 0 Å². The monoisotopic (exact) mass is 329 g/mol. The minimum Gasteiger partial charge on any atom is -0.481 e. The summed E-state index contributed by atoms with van der Waals surface area (Å²) in [6.07, 6.45) is 3.12. The summed E-state index contributed by atoms with van der Waals surface area (Å²) in [6, 6.07) is 15.7. The summed E-state index contributed by atoms with van der Waals surface area (Å²) in [4.78, 5) is 13.5. The lowest BCUT2D eigenvalue weighted by atomic mass is 10.1. The molecule has 23 heavy (non-hydrogen) atoms. The Hall–Kier alpha value is -1.94. The van der Waals surface area contributed by atoms with Crippen molar-refractivity contribution < 1.29 is 9.53 Å². The number of rotatable bonds is 7. The number of carbonyl (C=O) groups is 1. The highest BCUT2D eigenvalue weighted by atomic mass is 32.2. The molecule has 0 unspecified atom stereocenters. The van der Waals surface area contributed by atoms with E-state index in [4.69, 9.17) is 4.74 Å². The van der Waals surface area contributed by atoms with Crippen LogP contribution in [0.4, 0.5) is 5.69 Å². The first kappa shape index (κ1) is 17.4. The van der Waals surface area contributed by atoms with Crippen molar-refractivity contribution >= 4 is 23.4 Å². The van der Waals surface area contributed by atoms with E-state index in [-0.39, 0.29) is 5.91 Å². The molecule has 1 N–H and O–H groups in total. The number of amides is 1. The Morgan fingerprint density at radius 2 is 1.91 bits per heavy atom. The predicted octanol–water partition coefficient (Wildman–Crippen LogP) is 4.77. The van der Waals surface area contributed by atoms with Crippen LogP contribution in [-0.4, -0.2) is 18.3 Å². The zero-order chi connectivity index (χ0) is 16.7. The van der Waals surface area contributed by atoms with Crippen LogP contribution in [0.5, 0.6) is 5.75 Å². The van der Waals surface area contributed by atoms with Crippen molar-refractivity contribution in [3.05, 3.63) is 54.1 Å². The SMILES string of the molecule is CCc1ccc(O[C@@H](CC)C(=O)Nc2cccc(SC)c2)cc1. The van der Waals surface area contributed by atoms with E-state index in [1.807, 2.05) is 61.7 Å². The van der Waals surface area contributed by atoms with Crippen LogP contribution in [-0.2, 0) is 11.2 Å². The van der Waals surface area contributed by atoms with Crippen LogP contribution in [0.3, 0.4) is 0 Å². The first-order valence-electron chi connectivity index (χ1n) is 7.86. The lowest BCUT2D eigenvalue weighted by Gasteiger charge is -2.17. The van der Waals surface area contributed by atoms with Gasteiger partial charge in [-0.25, -0.2) is 0 Å². The molecular formula is C19H23NO2S. The zero-order valence-corrected chi connectivity index (χ0v) is 14.7. The number of nitrogens with one attached hydrogen (secondary N) is 1. The van der Waals surface area contributed by atoms with Gasteiger partial charge in [0.15, 0.2) is 6.10 Å². The molecule has 0 aliphatic carbocycles. The third kappa shape index (κ3) is 5.03. The third-order valence-electron chi connectivity index (χ3n) is 3.61. The number of hydrogen-bond acceptors (Lipinski definition) is 3. The fraction of sp³-hybridized carbons (Fsp3) is 0.316. The molecule has 0 aliphatic heterocycles. The van der Waals surface area contributed by atoms with Gasteiger partial charge in [-0.2, -0.15) is 0 Å². The molecule has 0 saturated carbocycles. The molecule has 0 heterocycles. The lowest BCUT2D eigenvalue weighted by Crippen LogP contribution is -2.32. The molecule has 0 saturated heterocycles. The van der Waals surface area contributed by atoms with Crippen LogP contribution >= 0.6 is 11.8 Å². The minimum absolute atomic E-state index is 0.120. The van der Waals surface area contributed by atoms with Crippen LogP contribution in [0.1, 0.15) is 25.8 Å². The van der Waals surface area contributed by atoms with E-state index in [2.05, 4.69) is 12.2 Å². The van der Waals surface area contributed by atoms with Gasteiger partial charge in [0.25, 0.3) is 5.91 Å². The molecule has 2 aromatic carbocycles. The number of ether oxygens (including phenoxy) is 1. The summed E-state index contributed by atoms with van der Waals surface area (Å²) < 4.78 is 5.84. The molecule has 4 heteroatoms. The summed E-state index contributed by atoms with van der Waals surface area (Å²) in [5, 5.41) is 2.93. The fourth-order valence-corrected chi connectivity index (χ4v) is 2.67. The Bertz CT molecular complexity index is 640. The molecule has 0 aliphatic rings. The van der Waals surface area contributed by atoms with E-state index in [9.17, 15) is 4.79 Å². The van der Waals surface area contributed by atoms with Gasteiger partial charge in [0.05, 0.1) is 0 Å². The van der Waals surface area contributed by atoms with Crippen molar-refractivity contribution in [2.24, 2.45) is 0 Å². The zero-order valence-electron chi connectivity index (χ0n) is 13.8. The van der Waals surface area contributed by atoms with Gasteiger partial charge in [-0.15, -0.1) is 11.8 Å². The molecule has 1 atom stereocenters.